The summed E-state index contributed by atoms with van der Waals surface area (Å²) in [5.74, 6) is 1.52. The highest BCUT2D eigenvalue weighted by atomic mass is 32.1. The molecule has 5 heteroatoms. The molecule has 0 spiro atoms. The number of hydrogen-bond acceptors (Lipinski definition) is 3. The minimum atomic E-state index is 0.462. The van der Waals surface area contributed by atoms with Crippen molar-refractivity contribution in [1.29, 1.82) is 0 Å². The van der Waals surface area contributed by atoms with Gasteiger partial charge in [-0.3, -0.25) is 5.43 Å². The van der Waals surface area contributed by atoms with Gasteiger partial charge in [0.1, 0.15) is 5.75 Å². The molecule has 0 aliphatic heterocycles. The van der Waals surface area contributed by atoms with Gasteiger partial charge in [-0.15, -0.1) is 0 Å². The lowest BCUT2D eigenvalue weighted by Crippen LogP contribution is -2.24. The van der Waals surface area contributed by atoms with E-state index in [-0.39, 0.29) is 0 Å². The molecule has 0 bridgehead atoms. The molecule has 0 fully saturated rings. The first-order valence-electron chi connectivity index (χ1n) is 8.85. The lowest BCUT2D eigenvalue weighted by Gasteiger charge is -2.11. The molecule has 0 amide bonds. The van der Waals surface area contributed by atoms with E-state index in [1.807, 2.05) is 36.4 Å². The van der Waals surface area contributed by atoms with Crippen LogP contribution in [0.2, 0.25) is 0 Å². The van der Waals surface area contributed by atoms with E-state index in [9.17, 15) is 0 Å². The van der Waals surface area contributed by atoms with Crippen molar-refractivity contribution < 1.29 is 4.74 Å². The third-order valence-electron chi connectivity index (χ3n) is 4.08. The van der Waals surface area contributed by atoms with E-state index in [4.69, 9.17) is 17.0 Å². The summed E-state index contributed by atoms with van der Waals surface area (Å²) in [4.78, 5) is 0. The number of nitrogens with one attached hydrogen (secondary N) is 2. The smallest absolute Gasteiger partial charge is 0.191 e. The standard InChI is InChI=1S/C21H27N3OS/c1-15(2)12-13-25-19-10-8-18(9-11-19)14-22-24-21(26)23-20-7-5-6-16(3)17(20)4/h5-11,14-15H,12-13H2,1-4H3,(H2,23,24,26). The fraction of sp³-hybridized carbons (Fsp3) is 0.333. The number of rotatable bonds is 7. The summed E-state index contributed by atoms with van der Waals surface area (Å²) in [5, 5.41) is 7.81. The van der Waals surface area contributed by atoms with Gasteiger partial charge in [0.05, 0.1) is 12.8 Å². The Balaban J connectivity index is 1.82. The van der Waals surface area contributed by atoms with Crippen LogP contribution in [-0.4, -0.2) is 17.9 Å². The fourth-order valence-electron chi connectivity index (χ4n) is 2.26. The number of ether oxygens (including phenoxy) is 1. The molecular formula is C21H27N3OS. The molecule has 0 aromatic heterocycles. The predicted octanol–water partition coefficient (Wildman–Crippen LogP) is 5.05. The maximum Gasteiger partial charge on any atom is 0.191 e. The molecule has 2 N–H and O–H groups in total. The highest BCUT2D eigenvalue weighted by molar-refractivity contribution is 7.80. The Bertz CT molecular complexity index is 754. The fourth-order valence-corrected chi connectivity index (χ4v) is 2.43. The van der Waals surface area contributed by atoms with E-state index >= 15 is 0 Å². The van der Waals surface area contributed by atoms with E-state index < -0.39 is 0 Å². The topological polar surface area (TPSA) is 45.7 Å². The summed E-state index contributed by atoms with van der Waals surface area (Å²) in [5.41, 5.74) is 7.20. The van der Waals surface area contributed by atoms with Crippen LogP contribution in [0.1, 0.15) is 37.0 Å². The van der Waals surface area contributed by atoms with Gasteiger partial charge >= 0.3 is 0 Å². The Morgan fingerprint density at radius 3 is 2.58 bits per heavy atom. The minimum Gasteiger partial charge on any atom is -0.494 e. The van der Waals surface area contributed by atoms with Crippen molar-refractivity contribution in [2.24, 2.45) is 11.0 Å². The zero-order valence-electron chi connectivity index (χ0n) is 15.9. The van der Waals surface area contributed by atoms with Gasteiger partial charge in [-0.05, 0) is 85.4 Å². The number of hydrazone groups is 1. The van der Waals surface area contributed by atoms with Gasteiger partial charge in [-0.25, -0.2) is 0 Å². The van der Waals surface area contributed by atoms with Crippen molar-refractivity contribution in [1.82, 2.24) is 5.43 Å². The molecule has 0 radical (unpaired) electrons. The van der Waals surface area contributed by atoms with Gasteiger partial charge < -0.3 is 10.1 Å². The number of nitrogens with zero attached hydrogens (tertiary/aromatic N) is 1. The molecule has 0 saturated carbocycles. The molecule has 0 atom stereocenters. The number of anilines is 1. The number of aryl methyl sites for hydroxylation is 1. The molecule has 0 aliphatic rings. The van der Waals surface area contributed by atoms with Crippen LogP contribution in [0, 0.1) is 19.8 Å². The van der Waals surface area contributed by atoms with Crippen molar-refractivity contribution in [3.8, 4) is 5.75 Å². The third-order valence-corrected chi connectivity index (χ3v) is 4.27. The quantitative estimate of drug-likeness (QED) is 0.407. The summed E-state index contributed by atoms with van der Waals surface area (Å²) in [6.45, 7) is 9.26. The lowest BCUT2D eigenvalue weighted by atomic mass is 10.1. The second-order valence-electron chi connectivity index (χ2n) is 6.67. The van der Waals surface area contributed by atoms with E-state index in [1.165, 1.54) is 11.1 Å². The highest BCUT2D eigenvalue weighted by Gasteiger charge is 2.02. The van der Waals surface area contributed by atoms with Crippen LogP contribution in [0.15, 0.2) is 47.6 Å². The third kappa shape index (κ3) is 6.48. The molecular weight excluding hydrogens is 342 g/mol. The number of thiocarbonyl (C=S) groups is 1. The van der Waals surface area contributed by atoms with Crippen molar-refractivity contribution in [3.63, 3.8) is 0 Å². The maximum atomic E-state index is 5.71. The van der Waals surface area contributed by atoms with Crippen molar-refractivity contribution in [2.45, 2.75) is 34.1 Å². The highest BCUT2D eigenvalue weighted by Crippen LogP contribution is 2.17. The summed E-state index contributed by atoms with van der Waals surface area (Å²) in [6, 6.07) is 13.9. The Morgan fingerprint density at radius 2 is 1.88 bits per heavy atom. The molecule has 0 unspecified atom stereocenters. The Labute approximate surface area is 161 Å². The monoisotopic (exact) mass is 369 g/mol. The normalized spacial score (nSPS) is 11.0. The summed E-state index contributed by atoms with van der Waals surface area (Å²) in [6.07, 6.45) is 2.78. The first kappa shape index (κ1) is 19.9. The summed E-state index contributed by atoms with van der Waals surface area (Å²) < 4.78 is 5.71. The Kier molecular flexibility index (Phi) is 7.60. The van der Waals surface area contributed by atoms with E-state index in [0.29, 0.717) is 11.0 Å². The van der Waals surface area contributed by atoms with Gasteiger partial charge in [-0.2, -0.15) is 5.10 Å². The van der Waals surface area contributed by atoms with E-state index in [2.05, 4.69) is 49.6 Å². The molecule has 2 rings (SSSR count). The number of benzene rings is 2. The second kappa shape index (κ2) is 9.92. The van der Waals surface area contributed by atoms with Gasteiger partial charge in [0.2, 0.25) is 0 Å². The molecule has 138 valence electrons. The van der Waals surface area contributed by atoms with Crippen molar-refractivity contribution in [2.75, 3.05) is 11.9 Å². The molecule has 0 saturated heterocycles. The number of hydrogen-bond donors (Lipinski definition) is 2. The van der Waals surface area contributed by atoms with Crippen molar-refractivity contribution in [3.05, 3.63) is 59.2 Å². The molecule has 26 heavy (non-hydrogen) atoms. The lowest BCUT2D eigenvalue weighted by molar-refractivity contribution is 0.289. The average molecular weight is 370 g/mol. The van der Waals surface area contributed by atoms with Gasteiger partial charge in [0, 0.05) is 5.69 Å². The predicted molar refractivity (Wildman–Crippen MR) is 114 cm³/mol. The SMILES string of the molecule is Cc1cccc(NC(=S)NN=Cc2ccc(OCCC(C)C)cc2)c1C. The largest absolute Gasteiger partial charge is 0.494 e. The molecule has 4 nitrogen and oxygen atoms in total. The maximum absolute atomic E-state index is 5.71. The van der Waals surface area contributed by atoms with Gasteiger partial charge in [-0.1, -0.05) is 26.0 Å². The molecule has 2 aromatic rings. The Hall–Kier alpha value is -2.40. The zero-order chi connectivity index (χ0) is 18.9. The van der Waals surface area contributed by atoms with Crippen LogP contribution in [0.4, 0.5) is 5.69 Å². The van der Waals surface area contributed by atoms with Crippen LogP contribution in [0.5, 0.6) is 5.75 Å². The van der Waals surface area contributed by atoms with Crippen LogP contribution in [-0.2, 0) is 0 Å². The summed E-state index contributed by atoms with van der Waals surface area (Å²) in [7, 11) is 0. The van der Waals surface area contributed by atoms with Crippen LogP contribution >= 0.6 is 12.2 Å². The zero-order valence-corrected chi connectivity index (χ0v) is 16.7. The summed E-state index contributed by atoms with van der Waals surface area (Å²) >= 11 is 5.29. The van der Waals surface area contributed by atoms with Gasteiger partial charge in [0.15, 0.2) is 5.11 Å². The van der Waals surface area contributed by atoms with Crippen LogP contribution < -0.4 is 15.5 Å². The van der Waals surface area contributed by atoms with E-state index in [1.54, 1.807) is 6.21 Å². The van der Waals surface area contributed by atoms with E-state index in [0.717, 1.165) is 30.0 Å². The van der Waals surface area contributed by atoms with Crippen LogP contribution in [0.25, 0.3) is 0 Å². The molecule has 2 aromatic carbocycles. The first-order valence-corrected chi connectivity index (χ1v) is 9.25. The second-order valence-corrected chi connectivity index (χ2v) is 7.08. The molecule has 0 aliphatic carbocycles. The minimum absolute atomic E-state index is 0.462. The first-order chi connectivity index (χ1) is 12.5. The van der Waals surface area contributed by atoms with Crippen LogP contribution in [0.3, 0.4) is 0 Å². The molecule has 0 heterocycles. The van der Waals surface area contributed by atoms with Crippen molar-refractivity contribution >= 4 is 29.2 Å². The van der Waals surface area contributed by atoms with Gasteiger partial charge in [0.25, 0.3) is 0 Å². The average Bonchev–Trinajstić information content (AvgIpc) is 2.60. The Morgan fingerprint density at radius 1 is 1.15 bits per heavy atom.